The molecule has 0 unspecified atom stereocenters. The molecule has 1 heterocycles. The monoisotopic (exact) mass is 305 g/mol. The van der Waals surface area contributed by atoms with Crippen LogP contribution in [-0.4, -0.2) is 43.6 Å². The number of benzene rings is 1. The summed E-state index contributed by atoms with van der Waals surface area (Å²) in [6, 6.07) is 6.70. The Bertz CT molecular complexity index is 508. The maximum absolute atomic E-state index is 12.4. The Labute approximate surface area is 130 Å². The normalized spacial score (nSPS) is 15.6. The zero-order chi connectivity index (χ0) is 15.9. The highest BCUT2D eigenvalue weighted by molar-refractivity contribution is 5.94. The van der Waals surface area contributed by atoms with Gasteiger partial charge in [-0.1, -0.05) is 12.1 Å². The van der Waals surface area contributed by atoms with Gasteiger partial charge in [-0.2, -0.15) is 0 Å². The summed E-state index contributed by atoms with van der Waals surface area (Å²) in [6.45, 7) is 2.69. The molecule has 0 saturated carbocycles. The molecule has 1 aliphatic rings. The number of methoxy groups -OCH3 is 1. The first-order valence-corrected chi connectivity index (χ1v) is 7.50. The number of urea groups is 1. The molecule has 0 spiro atoms. The number of nitrogens with two attached hydrogens (primary N) is 1. The summed E-state index contributed by atoms with van der Waals surface area (Å²) in [5.41, 5.74) is 6.61. The Morgan fingerprint density at radius 2 is 1.91 bits per heavy atom. The first kappa shape index (κ1) is 16.3. The van der Waals surface area contributed by atoms with E-state index in [9.17, 15) is 9.59 Å². The number of rotatable bonds is 5. The first-order chi connectivity index (χ1) is 10.6. The standard InChI is InChI=1S/C16H23N3O3/c1-22-11-13-6-8-19(9-7-13)15(20)14-4-2-12(3-5-14)10-18-16(17)21/h2-5,13H,6-11H2,1H3,(H3,17,18,21). The third kappa shape index (κ3) is 4.46. The lowest BCUT2D eigenvalue weighted by atomic mass is 9.97. The second-order valence-corrected chi connectivity index (χ2v) is 5.61. The van der Waals surface area contributed by atoms with E-state index in [2.05, 4.69) is 5.32 Å². The lowest BCUT2D eigenvalue weighted by Crippen LogP contribution is -2.39. The predicted octanol–water partition coefficient (Wildman–Crippen LogP) is 1.35. The smallest absolute Gasteiger partial charge is 0.312 e. The molecule has 1 saturated heterocycles. The molecule has 0 bridgehead atoms. The number of hydrogen-bond donors (Lipinski definition) is 2. The van der Waals surface area contributed by atoms with Crippen molar-refractivity contribution in [2.45, 2.75) is 19.4 Å². The SMILES string of the molecule is COCC1CCN(C(=O)c2ccc(CNC(N)=O)cc2)CC1. The quantitative estimate of drug-likeness (QED) is 0.861. The zero-order valence-electron chi connectivity index (χ0n) is 12.9. The Morgan fingerprint density at radius 1 is 1.27 bits per heavy atom. The van der Waals surface area contributed by atoms with E-state index in [0.717, 1.165) is 38.1 Å². The van der Waals surface area contributed by atoms with Gasteiger partial charge in [0.25, 0.3) is 5.91 Å². The molecule has 0 atom stereocenters. The number of nitrogens with zero attached hydrogens (tertiary/aromatic N) is 1. The van der Waals surface area contributed by atoms with Gasteiger partial charge in [0, 0.05) is 38.9 Å². The second-order valence-electron chi connectivity index (χ2n) is 5.61. The average Bonchev–Trinajstić information content (AvgIpc) is 2.54. The third-order valence-electron chi connectivity index (χ3n) is 3.97. The molecular weight excluding hydrogens is 282 g/mol. The summed E-state index contributed by atoms with van der Waals surface area (Å²) in [5, 5.41) is 2.52. The predicted molar refractivity (Wildman–Crippen MR) is 83.4 cm³/mol. The van der Waals surface area contributed by atoms with Crippen molar-refractivity contribution in [3.05, 3.63) is 35.4 Å². The van der Waals surface area contributed by atoms with Crippen molar-refractivity contribution >= 4 is 11.9 Å². The number of primary amides is 1. The largest absolute Gasteiger partial charge is 0.384 e. The number of ether oxygens (including phenoxy) is 1. The van der Waals surface area contributed by atoms with Gasteiger partial charge in [0.1, 0.15) is 0 Å². The van der Waals surface area contributed by atoms with Gasteiger partial charge in [0.15, 0.2) is 0 Å². The minimum atomic E-state index is -0.556. The molecule has 1 aliphatic heterocycles. The van der Waals surface area contributed by atoms with Crippen LogP contribution in [0.25, 0.3) is 0 Å². The van der Waals surface area contributed by atoms with E-state index in [1.807, 2.05) is 17.0 Å². The molecule has 6 nitrogen and oxygen atoms in total. The number of likely N-dealkylation sites (tertiary alicyclic amines) is 1. The van der Waals surface area contributed by atoms with Gasteiger partial charge in [-0.25, -0.2) is 4.79 Å². The van der Waals surface area contributed by atoms with Gasteiger partial charge in [-0.05, 0) is 36.5 Å². The lowest BCUT2D eigenvalue weighted by Gasteiger charge is -2.31. The maximum Gasteiger partial charge on any atom is 0.312 e. The first-order valence-electron chi connectivity index (χ1n) is 7.50. The van der Waals surface area contributed by atoms with Crippen LogP contribution in [0, 0.1) is 5.92 Å². The average molecular weight is 305 g/mol. The minimum absolute atomic E-state index is 0.0604. The molecule has 2 rings (SSSR count). The van der Waals surface area contributed by atoms with Crippen LogP contribution in [0.1, 0.15) is 28.8 Å². The van der Waals surface area contributed by atoms with Crippen molar-refractivity contribution in [3.8, 4) is 0 Å². The fourth-order valence-electron chi connectivity index (χ4n) is 2.68. The van der Waals surface area contributed by atoms with E-state index in [4.69, 9.17) is 10.5 Å². The van der Waals surface area contributed by atoms with Crippen LogP contribution >= 0.6 is 0 Å². The highest BCUT2D eigenvalue weighted by Gasteiger charge is 2.23. The van der Waals surface area contributed by atoms with Crippen molar-refractivity contribution in [1.29, 1.82) is 0 Å². The maximum atomic E-state index is 12.4. The minimum Gasteiger partial charge on any atom is -0.384 e. The van der Waals surface area contributed by atoms with Gasteiger partial charge in [-0.15, -0.1) is 0 Å². The van der Waals surface area contributed by atoms with Crippen LogP contribution in [-0.2, 0) is 11.3 Å². The molecule has 0 aliphatic carbocycles. The molecule has 1 aromatic rings. The number of hydrogen-bond acceptors (Lipinski definition) is 3. The second kappa shape index (κ2) is 7.79. The third-order valence-corrected chi connectivity index (χ3v) is 3.97. The highest BCUT2D eigenvalue weighted by Crippen LogP contribution is 2.19. The lowest BCUT2D eigenvalue weighted by molar-refractivity contribution is 0.0613. The topological polar surface area (TPSA) is 84.7 Å². The number of piperidine rings is 1. The zero-order valence-corrected chi connectivity index (χ0v) is 12.9. The van der Waals surface area contributed by atoms with Crippen LogP contribution in [0.5, 0.6) is 0 Å². The van der Waals surface area contributed by atoms with Crippen LogP contribution < -0.4 is 11.1 Å². The summed E-state index contributed by atoms with van der Waals surface area (Å²) >= 11 is 0. The van der Waals surface area contributed by atoms with Gasteiger partial charge >= 0.3 is 6.03 Å². The van der Waals surface area contributed by atoms with Gasteiger partial charge < -0.3 is 20.7 Å². The van der Waals surface area contributed by atoms with Crippen molar-refractivity contribution in [2.75, 3.05) is 26.8 Å². The summed E-state index contributed by atoms with van der Waals surface area (Å²) in [5.74, 6) is 0.613. The summed E-state index contributed by atoms with van der Waals surface area (Å²) in [7, 11) is 1.71. The summed E-state index contributed by atoms with van der Waals surface area (Å²) in [4.78, 5) is 25.0. The van der Waals surface area contributed by atoms with E-state index in [1.54, 1.807) is 19.2 Å². The van der Waals surface area contributed by atoms with Gasteiger partial charge in [-0.3, -0.25) is 4.79 Å². The molecule has 22 heavy (non-hydrogen) atoms. The van der Waals surface area contributed by atoms with E-state index >= 15 is 0 Å². The molecule has 1 aromatic carbocycles. The van der Waals surface area contributed by atoms with Crippen LogP contribution in [0.15, 0.2) is 24.3 Å². The molecule has 120 valence electrons. The van der Waals surface area contributed by atoms with Crippen molar-refractivity contribution in [3.63, 3.8) is 0 Å². The Balaban J connectivity index is 1.89. The molecule has 3 N–H and O–H groups in total. The molecule has 6 heteroatoms. The van der Waals surface area contributed by atoms with Crippen LogP contribution in [0.2, 0.25) is 0 Å². The Morgan fingerprint density at radius 3 is 2.45 bits per heavy atom. The molecule has 3 amide bonds. The molecule has 1 fully saturated rings. The van der Waals surface area contributed by atoms with Gasteiger partial charge in [0.05, 0.1) is 0 Å². The van der Waals surface area contributed by atoms with E-state index < -0.39 is 6.03 Å². The van der Waals surface area contributed by atoms with Crippen LogP contribution in [0.3, 0.4) is 0 Å². The molecule has 0 aromatic heterocycles. The summed E-state index contributed by atoms with van der Waals surface area (Å²) < 4.78 is 5.17. The fourth-order valence-corrected chi connectivity index (χ4v) is 2.68. The van der Waals surface area contributed by atoms with Gasteiger partial charge in [0.2, 0.25) is 0 Å². The summed E-state index contributed by atoms with van der Waals surface area (Å²) in [6.07, 6.45) is 1.97. The van der Waals surface area contributed by atoms with E-state index in [1.165, 1.54) is 0 Å². The van der Waals surface area contributed by atoms with Crippen molar-refractivity contribution < 1.29 is 14.3 Å². The van der Waals surface area contributed by atoms with E-state index in [0.29, 0.717) is 18.0 Å². The number of carbonyl (C=O) groups excluding carboxylic acids is 2. The fraction of sp³-hybridized carbons (Fsp3) is 0.500. The number of nitrogens with one attached hydrogen (secondary N) is 1. The van der Waals surface area contributed by atoms with Crippen LogP contribution in [0.4, 0.5) is 4.79 Å². The van der Waals surface area contributed by atoms with Crippen molar-refractivity contribution in [2.24, 2.45) is 11.7 Å². The van der Waals surface area contributed by atoms with Crippen molar-refractivity contribution in [1.82, 2.24) is 10.2 Å². The number of carbonyl (C=O) groups is 2. The number of amides is 3. The van der Waals surface area contributed by atoms with E-state index in [-0.39, 0.29) is 5.91 Å². The molecular formula is C16H23N3O3. The highest BCUT2D eigenvalue weighted by atomic mass is 16.5. The Kier molecular flexibility index (Phi) is 5.77. The molecule has 0 radical (unpaired) electrons. The Hall–Kier alpha value is -2.08.